The van der Waals surface area contributed by atoms with E-state index in [9.17, 15) is 27.1 Å². The summed E-state index contributed by atoms with van der Waals surface area (Å²) in [6.45, 7) is -1.07. The van der Waals surface area contributed by atoms with Crippen LogP contribution in [-0.4, -0.2) is 74.8 Å². The van der Waals surface area contributed by atoms with Crippen LogP contribution in [0.4, 0.5) is 27.9 Å². The van der Waals surface area contributed by atoms with Crippen molar-refractivity contribution < 1.29 is 36.5 Å². The Balaban J connectivity index is 1.67. The highest BCUT2D eigenvalue weighted by atomic mass is 19.4. The van der Waals surface area contributed by atoms with E-state index in [1.165, 1.54) is 16.9 Å². The summed E-state index contributed by atoms with van der Waals surface area (Å²) in [4.78, 5) is 6.17. The molecule has 0 amide bonds. The van der Waals surface area contributed by atoms with E-state index in [1.54, 1.807) is 0 Å². The lowest BCUT2D eigenvalue weighted by Gasteiger charge is -2.32. The first-order valence-corrected chi connectivity index (χ1v) is 10.4. The molecule has 1 atom stereocenters. The van der Waals surface area contributed by atoms with Gasteiger partial charge in [-0.25, -0.2) is 4.98 Å². The molecule has 1 aliphatic heterocycles. The van der Waals surface area contributed by atoms with Gasteiger partial charge in [0.05, 0.1) is 18.3 Å². The highest BCUT2D eigenvalue weighted by Crippen LogP contribution is 2.38. The summed E-state index contributed by atoms with van der Waals surface area (Å²) in [5.41, 5.74) is 0.210. The van der Waals surface area contributed by atoms with Gasteiger partial charge >= 0.3 is 13.0 Å². The number of fused-ring (bicyclic) bond motifs is 1. The molecule has 1 saturated heterocycles. The van der Waals surface area contributed by atoms with Crippen LogP contribution in [0.2, 0.25) is 0 Å². The third kappa shape index (κ3) is 5.62. The van der Waals surface area contributed by atoms with Crippen LogP contribution in [0.1, 0.15) is 12.8 Å². The number of hydrogen-bond donors (Lipinski definition) is 2. The van der Waals surface area contributed by atoms with E-state index in [2.05, 4.69) is 34.9 Å². The molecule has 0 aliphatic carbocycles. The molecule has 14 heteroatoms. The standard InChI is InChI=1S/C20H21F5N6O3/c21-18(22)33-13-3-4-14(16(8-13)34-20(23,24)25)17-15-9-26-11-31(15)19(29-28-17)27-12-2-1-5-30(10-12)6-7-32/h3-4,8-9,11-12,18,32H,1-2,5-7,10H2,(H,27,29). The van der Waals surface area contributed by atoms with Crippen molar-refractivity contribution in [1.82, 2.24) is 24.5 Å². The molecule has 2 N–H and O–H groups in total. The second kappa shape index (κ2) is 9.93. The minimum atomic E-state index is -5.08. The second-order valence-electron chi connectivity index (χ2n) is 7.61. The molecule has 34 heavy (non-hydrogen) atoms. The number of benzene rings is 1. The Morgan fingerprint density at radius 1 is 1.24 bits per heavy atom. The van der Waals surface area contributed by atoms with Gasteiger partial charge in [0.1, 0.15) is 23.5 Å². The fourth-order valence-corrected chi connectivity index (χ4v) is 3.91. The van der Waals surface area contributed by atoms with Gasteiger partial charge in [0.25, 0.3) is 0 Å². The average Bonchev–Trinajstić information content (AvgIpc) is 3.24. The number of nitrogens with zero attached hydrogens (tertiary/aromatic N) is 5. The second-order valence-corrected chi connectivity index (χ2v) is 7.61. The van der Waals surface area contributed by atoms with Crippen LogP contribution in [-0.2, 0) is 0 Å². The van der Waals surface area contributed by atoms with E-state index >= 15 is 0 Å². The molecule has 1 fully saturated rings. The quantitative estimate of drug-likeness (QED) is 0.467. The SMILES string of the molecule is OCCN1CCCC(Nc2nnc(-c3ccc(OC(F)F)cc3OC(F)(F)F)c3cncn23)C1. The lowest BCUT2D eigenvalue weighted by Crippen LogP contribution is -2.43. The van der Waals surface area contributed by atoms with E-state index in [0.717, 1.165) is 31.5 Å². The third-order valence-electron chi connectivity index (χ3n) is 5.27. The Morgan fingerprint density at radius 2 is 2.06 bits per heavy atom. The number of ether oxygens (including phenoxy) is 2. The Morgan fingerprint density at radius 3 is 2.79 bits per heavy atom. The summed E-state index contributed by atoms with van der Waals surface area (Å²) >= 11 is 0. The number of aliphatic hydroxyl groups excluding tert-OH is 1. The van der Waals surface area contributed by atoms with Gasteiger partial charge < -0.3 is 19.9 Å². The molecule has 1 unspecified atom stereocenters. The van der Waals surface area contributed by atoms with Gasteiger partial charge in [-0.1, -0.05) is 0 Å². The van der Waals surface area contributed by atoms with Crippen molar-refractivity contribution in [1.29, 1.82) is 0 Å². The molecule has 1 aliphatic rings. The van der Waals surface area contributed by atoms with Crippen molar-refractivity contribution in [2.24, 2.45) is 0 Å². The Kier molecular flexibility index (Phi) is 6.97. The van der Waals surface area contributed by atoms with Crippen molar-refractivity contribution in [3.8, 4) is 22.8 Å². The van der Waals surface area contributed by atoms with Crippen molar-refractivity contribution in [2.75, 3.05) is 31.6 Å². The number of anilines is 1. The Bertz CT molecular complexity index is 1120. The normalized spacial score (nSPS) is 17.3. The van der Waals surface area contributed by atoms with Crippen LogP contribution < -0.4 is 14.8 Å². The van der Waals surface area contributed by atoms with Crippen molar-refractivity contribution >= 4 is 11.5 Å². The third-order valence-corrected chi connectivity index (χ3v) is 5.27. The van der Waals surface area contributed by atoms with Crippen LogP contribution in [0.15, 0.2) is 30.7 Å². The van der Waals surface area contributed by atoms with Gasteiger partial charge in [0, 0.05) is 30.8 Å². The number of alkyl halides is 5. The minimum absolute atomic E-state index is 0.0106. The fraction of sp³-hybridized carbons (Fsp3) is 0.450. The number of hydrogen-bond acceptors (Lipinski definition) is 8. The lowest BCUT2D eigenvalue weighted by atomic mass is 10.1. The molecular formula is C20H21F5N6O3. The topological polar surface area (TPSA) is 97.0 Å². The van der Waals surface area contributed by atoms with Crippen molar-refractivity contribution in [2.45, 2.75) is 31.9 Å². The predicted octanol–water partition coefficient (Wildman–Crippen LogP) is 3.16. The van der Waals surface area contributed by atoms with Crippen molar-refractivity contribution in [3.05, 3.63) is 30.7 Å². The molecule has 2 aromatic heterocycles. The van der Waals surface area contributed by atoms with Gasteiger partial charge in [-0.05, 0) is 31.5 Å². The monoisotopic (exact) mass is 488 g/mol. The average molecular weight is 488 g/mol. The van der Waals surface area contributed by atoms with E-state index < -0.39 is 24.5 Å². The van der Waals surface area contributed by atoms with E-state index in [4.69, 9.17) is 0 Å². The number of aliphatic hydroxyl groups is 1. The Hall–Kier alpha value is -3.26. The number of imidazole rings is 1. The maximum absolute atomic E-state index is 13.0. The molecule has 0 radical (unpaired) electrons. The smallest absolute Gasteiger partial charge is 0.435 e. The minimum Gasteiger partial charge on any atom is -0.435 e. The zero-order chi connectivity index (χ0) is 24.3. The van der Waals surface area contributed by atoms with Crippen LogP contribution in [0.5, 0.6) is 11.5 Å². The molecule has 3 aromatic rings. The number of nitrogens with one attached hydrogen (secondary N) is 1. The molecule has 1 aromatic carbocycles. The maximum Gasteiger partial charge on any atom is 0.573 e. The summed E-state index contributed by atoms with van der Waals surface area (Å²) in [5, 5.41) is 20.7. The summed E-state index contributed by atoms with van der Waals surface area (Å²) in [6.07, 6.45) is -0.471. The number of aromatic nitrogens is 4. The zero-order valence-corrected chi connectivity index (χ0v) is 17.7. The predicted molar refractivity (Wildman–Crippen MR) is 110 cm³/mol. The summed E-state index contributed by atoms with van der Waals surface area (Å²) in [6, 6.07) is 2.95. The number of likely N-dealkylation sites (tertiary alicyclic amines) is 1. The number of β-amino-alcohol motifs (C(OH)–C–C–N with tert-alkyl or cyclic N) is 1. The first kappa shape index (κ1) is 23.9. The van der Waals surface area contributed by atoms with Gasteiger partial charge in [0.15, 0.2) is 0 Å². The Labute approximate surface area is 190 Å². The number of piperidine rings is 1. The van der Waals surface area contributed by atoms with Crippen LogP contribution in [0.3, 0.4) is 0 Å². The van der Waals surface area contributed by atoms with Crippen LogP contribution in [0.25, 0.3) is 16.8 Å². The summed E-state index contributed by atoms with van der Waals surface area (Å²) < 4.78 is 73.9. The van der Waals surface area contributed by atoms with Gasteiger partial charge in [-0.3, -0.25) is 9.30 Å². The molecule has 3 heterocycles. The van der Waals surface area contributed by atoms with Gasteiger partial charge in [-0.2, -0.15) is 8.78 Å². The molecule has 184 valence electrons. The lowest BCUT2D eigenvalue weighted by molar-refractivity contribution is -0.274. The first-order chi connectivity index (χ1) is 16.2. The van der Waals surface area contributed by atoms with E-state index in [-0.39, 0.29) is 23.9 Å². The summed E-state index contributed by atoms with van der Waals surface area (Å²) in [7, 11) is 0. The highest BCUT2D eigenvalue weighted by Gasteiger charge is 2.33. The van der Waals surface area contributed by atoms with E-state index in [0.29, 0.717) is 30.6 Å². The maximum atomic E-state index is 13.0. The van der Waals surface area contributed by atoms with Gasteiger partial charge in [0.2, 0.25) is 5.95 Å². The van der Waals surface area contributed by atoms with E-state index in [1.807, 2.05) is 0 Å². The molecular weight excluding hydrogens is 467 g/mol. The molecule has 0 bridgehead atoms. The van der Waals surface area contributed by atoms with Crippen LogP contribution >= 0.6 is 0 Å². The summed E-state index contributed by atoms with van der Waals surface area (Å²) in [5.74, 6) is -0.933. The highest BCUT2D eigenvalue weighted by molar-refractivity contribution is 5.81. The largest absolute Gasteiger partial charge is 0.573 e. The molecule has 0 saturated carbocycles. The van der Waals surface area contributed by atoms with Crippen LogP contribution in [0, 0.1) is 0 Å². The molecule has 4 rings (SSSR count). The molecule has 9 nitrogen and oxygen atoms in total. The molecule has 0 spiro atoms. The zero-order valence-electron chi connectivity index (χ0n) is 17.7. The first-order valence-electron chi connectivity index (χ1n) is 10.4. The van der Waals surface area contributed by atoms with Crippen molar-refractivity contribution in [3.63, 3.8) is 0 Å². The van der Waals surface area contributed by atoms with Gasteiger partial charge in [-0.15, -0.1) is 23.4 Å². The fourth-order valence-electron chi connectivity index (χ4n) is 3.91. The number of halogens is 5. The number of rotatable bonds is 8.